The van der Waals surface area contributed by atoms with Gasteiger partial charge in [-0.2, -0.15) is 0 Å². The quantitative estimate of drug-likeness (QED) is 0.683. The predicted octanol–water partition coefficient (Wildman–Crippen LogP) is 5.29. The van der Waals surface area contributed by atoms with Crippen LogP contribution >= 0.6 is 0 Å². The van der Waals surface area contributed by atoms with Gasteiger partial charge >= 0.3 is 0 Å². The van der Waals surface area contributed by atoms with Crippen molar-refractivity contribution >= 4 is 11.6 Å². The highest BCUT2D eigenvalue weighted by Gasteiger charge is 2.29. The standard InChI is InChI=1S/C20H20O/c1-13-6-8-16-12-20(21)19-11-14(10-18(13)16)7-9-15-4-2-3-5-17(15)19/h2-5,7,9-10,12-13,18,21H,6,8,11H2,1H3/b14-10?,16-12-,20-19-. The van der Waals surface area contributed by atoms with E-state index in [0.29, 0.717) is 17.6 Å². The van der Waals surface area contributed by atoms with E-state index < -0.39 is 0 Å². The topological polar surface area (TPSA) is 20.2 Å². The van der Waals surface area contributed by atoms with E-state index in [0.717, 1.165) is 24.0 Å². The summed E-state index contributed by atoms with van der Waals surface area (Å²) in [6, 6.07) is 8.34. The zero-order valence-corrected chi connectivity index (χ0v) is 12.3. The summed E-state index contributed by atoms with van der Waals surface area (Å²) in [6.45, 7) is 2.32. The molecule has 1 saturated carbocycles. The molecule has 2 unspecified atom stereocenters. The minimum absolute atomic E-state index is 0.464. The zero-order valence-electron chi connectivity index (χ0n) is 12.3. The third-order valence-corrected chi connectivity index (χ3v) is 5.10. The number of aliphatic hydroxyl groups excluding tert-OH is 1. The van der Waals surface area contributed by atoms with Crippen LogP contribution in [0.25, 0.3) is 11.6 Å². The Kier molecular flexibility index (Phi) is 2.88. The molecule has 106 valence electrons. The van der Waals surface area contributed by atoms with Crippen molar-refractivity contribution in [3.05, 3.63) is 70.5 Å². The SMILES string of the molecule is CC1CC/C2=C/C(O)=C3\CC(=CC21)C=Cc1ccccc13. The molecule has 0 aliphatic heterocycles. The van der Waals surface area contributed by atoms with Crippen molar-refractivity contribution in [2.45, 2.75) is 26.2 Å². The number of rotatable bonds is 0. The lowest BCUT2D eigenvalue weighted by Gasteiger charge is -2.19. The number of allylic oxidation sites excluding steroid dienone is 6. The van der Waals surface area contributed by atoms with E-state index in [1.807, 2.05) is 12.1 Å². The maximum Gasteiger partial charge on any atom is 0.119 e. The molecule has 0 saturated heterocycles. The Hall–Kier alpha value is -2.02. The van der Waals surface area contributed by atoms with Gasteiger partial charge in [0.2, 0.25) is 0 Å². The fraction of sp³-hybridized carbons (Fsp3) is 0.300. The molecule has 0 heterocycles. The average molecular weight is 276 g/mol. The van der Waals surface area contributed by atoms with Crippen molar-refractivity contribution in [2.75, 3.05) is 0 Å². The monoisotopic (exact) mass is 276 g/mol. The van der Waals surface area contributed by atoms with Crippen LogP contribution in [0.3, 0.4) is 0 Å². The van der Waals surface area contributed by atoms with Gasteiger partial charge in [0, 0.05) is 17.9 Å². The highest BCUT2D eigenvalue weighted by Crippen LogP contribution is 2.43. The maximum absolute atomic E-state index is 10.7. The van der Waals surface area contributed by atoms with Crippen LogP contribution in [0.1, 0.15) is 37.3 Å². The molecule has 0 radical (unpaired) electrons. The number of hydrogen-bond acceptors (Lipinski definition) is 1. The van der Waals surface area contributed by atoms with Crippen LogP contribution in [0, 0.1) is 11.8 Å². The Bertz CT molecular complexity index is 715. The van der Waals surface area contributed by atoms with Crippen molar-refractivity contribution in [3.8, 4) is 0 Å². The molecule has 4 rings (SSSR count). The molecule has 3 aliphatic carbocycles. The van der Waals surface area contributed by atoms with E-state index in [4.69, 9.17) is 0 Å². The Balaban J connectivity index is 1.95. The van der Waals surface area contributed by atoms with Crippen LogP contribution in [0.5, 0.6) is 0 Å². The van der Waals surface area contributed by atoms with Gasteiger partial charge in [0.1, 0.15) is 5.76 Å². The zero-order chi connectivity index (χ0) is 14.4. The second-order valence-electron chi connectivity index (χ2n) is 6.46. The molecule has 1 aromatic rings. The van der Waals surface area contributed by atoms with Crippen molar-refractivity contribution in [3.63, 3.8) is 0 Å². The van der Waals surface area contributed by atoms with Gasteiger partial charge in [-0.3, -0.25) is 0 Å². The number of benzene rings is 1. The first-order chi connectivity index (χ1) is 10.2. The second kappa shape index (κ2) is 4.77. The Morgan fingerprint density at radius 3 is 2.90 bits per heavy atom. The van der Waals surface area contributed by atoms with Crippen molar-refractivity contribution in [1.29, 1.82) is 0 Å². The molecule has 1 nitrogen and oxygen atoms in total. The van der Waals surface area contributed by atoms with Crippen LogP contribution in [0.4, 0.5) is 0 Å². The summed E-state index contributed by atoms with van der Waals surface area (Å²) in [5.41, 5.74) is 6.14. The molecule has 2 bridgehead atoms. The van der Waals surface area contributed by atoms with E-state index in [1.165, 1.54) is 23.1 Å². The summed E-state index contributed by atoms with van der Waals surface area (Å²) in [4.78, 5) is 0. The van der Waals surface area contributed by atoms with Gasteiger partial charge in [-0.15, -0.1) is 0 Å². The highest BCUT2D eigenvalue weighted by molar-refractivity contribution is 5.81. The van der Waals surface area contributed by atoms with Crippen LogP contribution in [0.2, 0.25) is 0 Å². The smallest absolute Gasteiger partial charge is 0.119 e. The number of hydrogen-bond donors (Lipinski definition) is 1. The molecule has 1 fully saturated rings. The minimum Gasteiger partial charge on any atom is -0.508 e. The van der Waals surface area contributed by atoms with Gasteiger partial charge in [-0.05, 0) is 41.5 Å². The molecule has 1 N–H and O–H groups in total. The number of fused-ring (bicyclic) bond motifs is 5. The first kappa shape index (κ1) is 12.7. The van der Waals surface area contributed by atoms with Gasteiger partial charge in [-0.25, -0.2) is 0 Å². The normalized spacial score (nSPS) is 33.0. The van der Waals surface area contributed by atoms with E-state index in [2.05, 4.69) is 43.4 Å². The van der Waals surface area contributed by atoms with Crippen LogP contribution in [-0.4, -0.2) is 5.11 Å². The number of aliphatic hydroxyl groups is 1. The fourth-order valence-corrected chi connectivity index (χ4v) is 3.85. The molecular formula is C20H20O. The lowest BCUT2D eigenvalue weighted by Crippen LogP contribution is -2.06. The largest absolute Gasteiger partial charge is 0.508 e. The summed E-state index contributed by atoms with van der Waals surface area (Å²) >= 11 is 0. The van der Waals surface area contributed by atoms with E-state index in [9.17, 15) is 5.11 Å². The molecule has 3 aliphatic rings. The average Bonchev–Trinajstić information content (AvgIpc) is 2.72. The van der Waals surface area contributed by atoms with Crippen LogP contribution < -0.4 is 0 Å². The molecule has 0 amide bonds. The van der Waals surface area contributed by atoms with Crippen molar-refractivity contribution in [1.82, 2.24) is 0 Å². The summed E-state index contributed by atoms with van der Waals surface area (Å²) in [6.07, 6.45) is 12.0. The van der Waals surface area contributed by atoms with E-state index >= 15 is 0 Å². The molecule has 2 atom stereocenters. The van der Waals surface area contributed by atoms with Crippen molar-refractivity contribution < 1.29 is 5.11 Å². The summed E-state index contributed by atoms with van der Waals surface area (Å²) < 4.78 is 0. The Morgan fingerprint density at radius 1 is 1.14 bits per heavy atom. The lowest BCUT2D eigenvalue weighted by molar-refractivity contribution is 0.431. The summed E-state index contributed by atoms with van der Waals surface area (Å²) in [7, 11) is 0. The predicted molar refractivity (Wildman–Crippen MR) is 87.7 cm³/mol. The molecule has 0 aromatic heterocycles. The van der Waals surface area contributed by atoms with Gasteiger partial charge in [0.05, 0.1) is 0 Å². The third kappa shape index (κ3) is 2.08. The lowest BCUT2D eigenvalue weighted by atomic mass is 9.87. The van der Waals surface area contributed by atoms with Gasteiger partial charge < -0.3 is 5.11 Å². The molecule has 21 heavy (non-hydrogen) atoms. The van der Waals surface area contributed by atoms with E-state index in [1.54, 1.807) is 0 Å². The highest BCUT2D eigenvalue weighted by atomic mass is 16.3. The van der Waals surface area contributed by atoms with Crippen molar-refractivity contribution in [2.24, 2.45) is 11.8 Å². The maximum atomic E-state index is 10.7. The minimum atomic E-state index is 0.464. The summed E-state index contributed by atoms with van der Waals surface area (Å²) in [5.74, 6) is 1.64. The molecule has 1 heteroatoms. The van der Waals surface area contributed by atoms with Crippen LogP contribution in [0.15, 0.2) is 59.4 Å². The van der Waals surface area contributed by atoms with E-state index in [-0.39, 0.29) is 0 Å². The third-order valence-electron chi connectivity index (χ3n) is 5.10. The van der Waals surface area contributed by atoms with Gasteiger partial charge in [0.25, 0.3) is 0 Å². The molecule has 1 aromatic carbocycles. The van der Waals surface area contributed by atoms with Gasteiger partial charge in [-0.1, -0.05) is 55.0 Å². The first-order valence-corrected chi connectivity index (χ1v) is 7.83. The molecule has 0 spiro atoms. The fourth-order valence-electron chi connectivity index (χ4n) is 3.85. The Labute approximate surface area is 126 Å². The van der Waals surface area contributed by atoms with Gasteiger partial charge in [0.15, 0.2) is 0 Å². The second-order valence-corrected chi connectivity index (χ2v) is 6.46. The Morgan fingerprint density at radius 2 is 2.00 bits per heavy atom. The first-order valence-electron chi connectivity index (χ1n) is 7.83. The summed E-state index contributed by atoms with van der Waals surface area (Å²) in [5, 5.41) is 10.7. The van der Waals surface area contributed by atoms with Crippen LogP contribution in [-0.2, 0) is 0 Å². The molecular weight excluding hydrogens is 256 g/mol.